The topological polar surface area (TPSA) is 105 Å². The minimum absolute atomic E-state index is 0.227. The number of hydrogen-bond donors (Lipinski definition) is 2. The summed E-state index contributed by atoms with van der Waals surface area (Å²) in [5, 5.41) is 0. The largest absolute Gasteiger partial charge is 0.371 e. The molecule has 0 saturated heterocycles. The lowest BCUT2D eigenvalue weighted by molar-refractivity contribution is -0.0213. The first-order chi connectivity index (χ1) is 7.79. The smallest absolute Gasteiger partial charge is 0.267 e. The van der Waals surface area contributed by atoms with Crippen molar-refractivity contribution in [3.8, 4) is 0 Å². The van der Waals surface area contributed by atoms with Crippen LogP contribution in [0.3, 0.4) is 0 Å². The van der Waals surface area contributed by atoms with Gasteiger partial charge in [-0.2, -0.15) is 8.42 Å². The summed E-state index contributed by atoms with van der Waals surface area (Å²) >= 11 is 0. The number of benzene rings is 1. The minimum Gasteiger partial charge on any atom is -0.371 e. The Hall–Kier alpha value is -0.990. The van der Waals surface area contributed by atoms with Crippen LogP contribution in [0.1, 0.15) is 5.56 Å². The molecule has 0 atom stereocenters. The molecule has 0 fully saturated rings. The van der Waals surface area contributed by atoms with Crippen LogP contribution in [0.5, 0.6) is 0 Å². The van der Waals surface area contributed by atoms with Gasteiger partial charge in [-0.3, -0.25) is 11.5 Å². The SMILES string of the molecule is CS(=O)(=O)OC(N)(N)COCc1ccccc1. The highest BCUT2D eigenvalue weighted by molar-refractivity contribution is 7.86. The van der Waals surface area contributed by atoms with E-state index in [0.29, 0.717) is 0 Å². The Morgan fingerprint density at radius 3 is 2.35 bits per heavy atom. The highest BCUT2D eigenvalue weighted by atomic mass is 32.2. The Morgan fingerprint density at radius 2 is 1.82 bits per heavy atom. The summed E-state index contributed by atoms with van der Waals surface area (Å²) in [7, 11) is -3.71. The maximum Gasteiger partial charge on any atom is 0.267 e. The molecule has 0 aliphatic rings. The summed E-state index contributed by atoms with van der Waals surface area (Å²) in [4.78, 5) is 0. The van der Waals surface area contributed by atoms with Gasteiger partial charge >= 0.3 is 0 Å². The van der Waals surface area contributed by atoms with Gasteiger partial charge in [0.15, 0.2) is 0 Å². The van der Waals surface area contributed by atoms with Gasteiger partial charge in [0.05, 0.1) is 12.9 Å². The maximum atomic E-state index is 10.8. The Balaban J connectivity index is 2.40. The molecule has 0 aromatic heterocycles. The first-order valence-electron chi connectivity index (χ1n) is 4.88. The number of nitrogens with two attached hydrogens (primary N) is 2. The molecule has 0 spiro atoms. The van der Waals surface area contributed by atoms with Crippen molar-refractivity contribution in [3.63, 3.8) is 0 Å². The van der Waals surface area contributed by atoms with E-state index in [1.807, 2.05) is 30.3 Å². The van der Waals surface area contributed by atoms with Gasteiger partial charge in [0.1, 0.15) is 6.61 Å². The monoisotopic (exact) mass is 260 g/mol. The second kappa shape index (κ2) is 5.56. The molecule has 1 aromatic rings. The summed E-state index contributed by atoms with van der Waals surface area (Å²) in [5.74, 6) is -1.84. The number of hydrogen-bond acceptors (Lipinski definition) is 6. The van der Waals surface area contributed by atoms with Crippen molar-refractivity contribution in [1.29, 1.82) is 0 Å². The van der Waals surface area contributed by atoms with E-state index in [4.69, 9.17) is 16.2 Å². The fourth-order valence-corrected chi connectivity index (χ4v) is 1.82. The van der Waals surface area contributed by atoms with E-state index in [1.54, 1.807) is 0 Å². The zero-order valence-electron chi connectivity index (χ0n) is 9.50. The molecule has 4 N–H and O–H groups in total. The van der Waals surface area contributed by atoms with Crippen LogP contribution in [-0.4, -0.2) is 27.1 Å². The minimum atomic E-state index is -3.71. The Kier molecular flexibility index (Phi) is 4.61. The molecule has 96 valence electrons. The van der Waals surface area contributed by atoms with Gasteiger partial charge in [-0.05, 0) is 5.56 Å². The third kappa shape index (κ3) is 6.35. The lowest BCUT2D eigenvalue weighted by atomic mass is 10.2. The lowest BCUT2D eigenvalue weighted by Crippen LogP contribution is -2.56. The summed E-state index contributed by atoms with van der Waals surface area (Å²) in [6, 6.07) is 9.35. The van der Waals surface area contributed by atoms with Crippen LogP contribution in [0.15, 0.2) is 30.3 Å². The molecule has 0 amide bonds. The number of ether oxygens (including phenoxy) is 1. The molecule has 17 heavy (non-hydrogen) atoms. The van der Waals surface area contributed by atoms with Crippen LogP contribution < -0.4 is 11.5 Å². The third-order valence-electron chi connectivity index (χ3n) is 1.75. The van der Waals surface area contributed by atoms with Crippen molar-refractivity contribution in [1.82, 2.24) is 0 Å². The normalized spacial score (nSPS) is 12.6. The molecule has 0 bridgehead atoms. The first-order valence-corrected chi connectivity index (χ1v) is 6.70. The Morgan fingerprint density at radius 1 is 1.24 bits per heavy atom. The fourth-order valence-electron chi connectivity index (χ4n) is 1.21. The summed E-state index contributed by atoms with van der Waals surface area (Å²) in [6.07, 6.45) is 0.874. The lowest BCUT2D eigenvalue weighted by Gasteiger charge is -2.22. The molecule has 0 unspecified atom stereocenters. The summed E-state index contributed by atoms with van der Waals surface area (Å²) < 4.78 is 31.3. The van der Waals surface area contributed by atoms with Crippen molar-refractivity contribution in [2.45, 2.75) is 12.5 Å². The molecular formula is C10H16N2O4S. The molecule has 0 aliphatic heterocycles. The quantitative estimate of drug-likeness (QED) is 0.540. The molecule has 0 radical (unpaired) electrons. The third-order valence-corrected chi connectivity index (χ3v) is 2.36. The van der Waals surface area contributed by atoms with Gasteiger partial charge in [0.2, 0.25) is 5.85 Å². The van der Waals surface area contributed by atoms with E-state index in [9.17, 15) is 8.42 Å². The summed E-state index contributed by atoms with van der Waals surface area (Å²) in [6.45, 7) is 0.0546. The highest BCUT2D eigenvalue weighted by Gasteiger charge is 2.25. The van der Waals surface area contributed by atoms with Crippen molar-refractivity contribution in [2.75, 3.05) is 12.9 Å². The van der Waals surface area contributed by atoms with Gasteiger partial charge in [-0.1, -0.05) is 30.3 Å². The second-order valence-corrected chi connectivity index (χ2v) is 5.30. The summed E-state index contributed by atoms with van der Waals surface area (Å²) in [5.41, 5.74) is 11.8. The predicted molar refractivity (Wildman–Crippen MR) is 63.1 cm³/mol. The van der Waals surface area contributed by atoms with E-state index < -0.39 is 16.0 Å². The Labute approximate surface area is 101 Å². The van der Waals surface area contributed by atoms with Gasteiger partial charge in [-0.15, -0.1) is 0 Å². The molecule has 6 nitrogen and oxygen atoms in total. The van der Waals surface area contributed by atoms with Crippen LogP contribution in [0.25, 0.3) is 0 Å². The average molecular weight is 260 g/mol. The van der Waals surface area contributed by atoms with Crippen molar-refractivity contribution < 1.29 is 17.3 Å². The standard InChI is InChI=1S/C10H16N2O4S/c1-17(13,14)16-10(11,12)8-15-7-9-5-3-2-4-6-9/h2-6H,7-8,11-12H2,1H3. The van der Waals surface area contributed by atoms with Crippen LogP contribution in [0, 0.1) is 0 Å². The van der Waals surface area contributed by atoms with Crippen molar-refractivity contribution >= 4 is 10.1 Å². The highest BCUT2D eigenvalue weighted by Crippen LogP contribution is 2.05. The molecule has 0 aliphatic carbocycles. The molecular weight excluding hydrogens is 244 g/mol. The van der Waals surface area contributed by atoms with Crippen LogP contribution in [0.2, 0.25) is 0 Å². The molecule has 1 aromatic carbocycles. The van der Waals surface area contributed by atoms with E-state index >= 15 is 0 Å². The van der Waals surface area contributed by atoms with Crippen LogP contribution in [-0.2, 0) is 25.6 Å². The average Bonchev–Trinajstić information content (AvgIpc) is 2.15. The Bertz CT molecular complexity index is 445. The molecule has 1 rings (SSSR count). The zero-order valence-corrected chi connectivity index (χ0v) is 10.3. The number of rotatable bonds is 6. The molecule has 0 heterocycles. The predicted octanol–water partition coefficient (Wildman–Crippen LogP) is -0.249. The van der Waals surface area contributed by atoms with Gasteiger partial charge in [-0.25, -0.2) is 4.18 Å². The van der Waals surface area contributed by atoms with E-state index in [2.05, 4.69) is 4.18 Å². The first kappa shape index (κ1) is 14.1. The fraction of sp³-hybridized carbons (Fsp3) is 0.400. The van der Waals surface area contributed by atoms with E-state index in [1.165, 1.54) is 0 Å². The van der Waals surface area contributed by atoms with Crippen molar-refractivity contribution in [3.05, 3.63) is 35.9 Å². The van der Waals surface area contributed by atoms with E-state index in [-0.39, 0.29) is 13.2 Å². The zero-order chi connectivity index (χ0) is 12.9. The van der Waals surface area contributed by atoms with Gasteiger partial charge in [0.25, 0.3) is 10.1 Å². The van der Waals surface area contributed by atoms with Gasteiger partial charge in [0, 0.05) is 0 Å². The molecule has 0 saturated carbocycles. The second-order valence-electron chi connectivity index (χ2n) is 3.72. The van der Waals surface area contributed by atoms with Crippen LogP contribution in [0.4, 0.5) is 0 Å². The van der Waals surface area contributed by atoms with E-state index in [0.717, 1.165) is 11.8 Å². The maximum absolute atomic E-state index is 10.8. The van der Waals surface area contributed by atoms with Crippen LogP contribution >= 0.6 is 0 Å². The molecule has 7 heteroatoms. The van der Waals surface area contributed by atoms with Gasteiger partial charge < -0.3 is 4.74 Å². The van der Waals surface area contributed by atoms with Crippen molar-refractivity contribution in [2.24, 2.45) is 11.5 Å².